The van der Waals surface area contributed by atoms with Gasteiger partial charge in [0.2, 0.25) is 0 Å². The first-order chi connectivity index (χ1) is 11.3. The number of carbonyl (C=O) groups is 3. The zero-order chi connectivity index (χ0) is 18.3. The lowest BCUT2D eigenvalue weighted by Gasteiger charge is -2.42. The van der Waals surface area contributed by atoms with Crippen molar-refractivity contribution in [3.05, 3.63) is 12.7 Å². The van der Waals surface area contributed by atoms with Crippen molar-refractivity contribution < 1.29 is 43.2 Å². The van der Waals surface area contributed by atoms with Crippen LogP contribution in [-0.4, -0.2) is 66.9 Å². The van der Waals surface area contributed by atoms with E-state index in [9.17, 15) is 19.5 Å². The van der Waals surface area contributed by atoms with Crippen molar-refractivity contribution in [2.75, 3.05) is 13.2 Å². The van der Waals surface area contributed by atoms with Crippen molar-refractivity contribution in [2.24, 2.45) is 0 Å². The summed E-state index contributed by atoms with van der Waals surface area (Å²) >= 11 is 0. The Balaban J connectivity index is 3.03. The molecular formula is C15H22O9. The summed E-state index contributed by atoms with van der Waals surface area (Å²) in [5.74, 6) is -1.93. The molecular weight excluding hydrogens is 324 g/mol. The maximum Gasteiger partial charge on any atom is 0.303 e. The average Bonchev–Trinajstić information content (AvgIpc) is 2.48. The van der Waals surface area contributed by atoms with Gasteiger partial charge in [-0.05, 0) is 0 Å². The van der Waals surface area contributed by atoms with Gasteiger partial charge in [-0.3, -0.25) is 14.4 Å². The molecule has 0 bridgehead atoms. The highest BCUT2D eigenvalue weighted by Gasteiger charge is 2.50. The highest BCUT2D eigenvalue weighted by atomic mass is 16.7. The lowest BCUT2D eigenvalue weighted by Crippen LogP contribution is -2.61. The van der Waals surface area contributed by atoms with Crippen molar-refractivity contribution in [2.45, 2.75) is 51.5 Å². The minimum Gasteiger partial charge on any atom is -0.463 e. The smallest absolute Gasteiger partial charge is 0.303 e. The number of hydrogen-bond acceptors (Lipinski definition) is 9. The van der Waals surface area contributed by atoms with Gasteiger partial charge in [0, 0.05) is 20.8 Å². The normalized spacial score (nSPS) is 29.4. The summed E-state index contributed by atoms with van der Waals surface area (Å²) < 4.78 is 25.9. The van der Waals surface area contributed by atoms with Crippen LogP contribution in [0.15, 0.2) is 12.7 Å². The molecule has 1 heterocycles. The molecule has 0 spiro atoms. The average molecular weight is 346 g/mol. The van der Waals surface area contributed by atoms with Crippen LogP contribution in [0.4, 0.5) is 0 Å². The van der Waals surface area contributed by atoms with E-state index in [1.54, 1.807) is 0 Å². The second kappa shape index (κ2) is 9.36. The predicted molar refractivity (Wildman–Crippen MR) is 78.6 cm³/mol. The van der Waals surface area contributed by atoms with Crippen LogP contribution >= 0.6 is 0 Å². The van der Waals surface area contributed by atoms with Crippen molar-refractivity contribution >= 4 is 17.9 Å². The topological polar surface area (TPSA) is 118 Å². The molecule has 0 saturated carbocycles. The summed E-state index contributed by atoms with van der Waals surface area (Å²) in [4.78, 5) is 33.7. The van der Waals surface area contributed by atoms with Crippen LogP contribution in [0, 0.1) is 0 Å². The van der Waals surface area contributed by atoms with Gasteiger partial charge in [0.25, 0.3) is 0 Å². The van der Waals surface area contributed by atoms with E-state index in [1.807, 2.05) is 0 Å². The second-order valence-electron chi connectivity index (χ2n) is 5.11. The van der Waals surface area contributed by atoms with E-state index in [-0.39, 0.29) is 13.2 Å². The van der Waals surface area contributed by atoms with E-state index in [0.717, 1.165) is 13.8 Å². The van der Waals surface area contributed by atoms with Crippen LogP contribution in [0.5, 0.6) is 0 Å². The number of aliphatic hydroxyl groups excluding tert-OH is 1. The number of aliphatic hydroxyl groups is 1. The van der Waals surface area contributed by atoms with E-state index in [4.69, 9.17) is 23.7 Å². The number of hydrogen-bond donors (Lipinski definition) is 1. The number of carbonyl (C=O) groups excluding carboxylic acids is 3. The molecule has 0 aromatic carbocycles. The lowest BCUT2D eigenvalue weighted by atomic mass is 9.98. The fraction of sp³-hybridized carbons (Fsp3) is 0.667. The standard InChI is InChI=1S/C15H22O9/c1-5-6-20-15-12(19)14(23-10(4)18)13(22-9(3)17)11(24-15)7-21-8(2)16/h5,11-15,19H,1,6-7H2,2-4H3/t11-,12-,13+,14-,15+/m1/s1. The number of ether oxygens (including phenoxy) is 5. The Hall–Kier alpha value is -1.97. The molecule has 1 aliphatic heterocycles. The molecule has 0 aromatic rings. The van der Waals surface area contributed by atoms with Crippen LogP contribution in [-0.2, 0) is 38.1 Å². The van der Waals surface area contributed by atoms with E-state index in [2.05, 4.69) is 6.58 Å². The third kappa shape index (κ3) is 5.91. The van der Waals surface area contributed by atoms with Crippen molar-refractivity contribution in [1.82, 2.24) is 0 Å². The monoisotopic (exact) mass is 346 g/mol. The summed E-state index contributed by atoms with van der Waals surface area (Å²) in [6.07, 6.45) is -4.54. The molecule has 1 saturated heterocycles. The Morgan fingerprint density at radius 1 is 1.08 bits per heavy atom. The van der Waals surface area contributed by atoms with Crippen LogP contribution in [0.1, 0.15) is 20.8 Å². The quantitative estimate of drug-likeness (QED) is 0.376. The van der Waals surface area contributed by atoms with Crippen LogP contribution in [0.2, 0.25) is 0 Å². The fourth-order valence-corrected chi connectivity index (χ4v) is 2.19. The molecule has 9 nitrogen and oxygen atoms in total. The molecule has 0 aliphatic carbocycles. The van der Waals surface area contributed by atoms with E-state index in [1.165, 1.54) is 13.0 Å². The summed E-state index contributed by atoms with van der Waals surface area (Å²) in [7, 11) is 0. The molecule has 24 heavy (non-hydrogen) atoms. The Bertz CT molecular complexity index is 476. The van der Waals surface area contributed by atoms with Gasteiger partial charge in [0.05, 0.1) is 6.61 Å². The highest BCUT2D eigenvalue weighted by molar-refractivity contribution is 5.67. The van der Waals surface area contributed by atoms with E-state index < -0.39 is 48.6 Å². The third-order valence-electron chi connectivity index (χ3n) is 3.05. The van der Waals surface area contributed by atoms with Crippen LogP contribution in [0.3, 0.4) is 0 Å². The van der Waals surface area contributed by atoms with Gasteiger partial charge in [-0.25, -0.2) is 0 Å². The Morgan fingerprint density at radius 3 is 2.17 bits per heavy atom. The second-order valence-corrected chi connectivity index (χ2v) is 5.11. The fourth-order valence-electron chi connectivity index (χ4n) is 2.19. The van der Waals surface area contributed by atoms with Crippen LogP contribution < -0.4 is 0 Å². The molecule has 0 unspecified atom stereocenters. The maximum absolute atomic E-state index is 11.3. The highest BCUT2D eigenvalue weighted by Crippen LogP contribution is 2.27. The molecule has 1 rings (SSSR count). The van der Waals surface area contributed by atoms with Gasteiger partial charge in [0.1, 0.15) is 18.8 Å². The third-order valence-corrected chi connectivity index (χ3v) is 3.05. The minimum atomic E-state index is -1.41. The molecule has 0 radical (unpaired) electrons. The first-order valence-electron chi connectivity index (χ1n) is 7.30. The molecule has 1 aliphatic rings. The van der Waals surface area contributed by atoms with Crippen LogP contribution in [0.25, 0.3) is 0 Å². The minimum absolute atomic E-state index is 0.0625. The Morgan fingerprint density at radius 2 is 1.67 bits per heavy atom. The zero-order valence-corrected chi connectivity index (χ0v) is 13.8. The SMILES string of the molecule is C=CCO[C@H]1O[C@H](COC(C)=O)[C@H](OC(C)=O)[C@H](OC(C)=O)[C@H]1O. The van der Waals surface area contributed by atoms with Gasteiger partial charge < -0.3 is 28.8 Å². The molecule has 1 fully saturated rings. The van der Waals surface area contributed by atoms with Gasteiger partial charge in [-0.2, -0.15) is 0 Å². The first-order valence-corrected chi connectivity index (χ1v) is 7.30. The van der Waals surface area contributed by atoms with Gasteiger partial charge in [-0.1, -0.05) is 6.08 Å². The van der Waals surface area contributed by atoms with Gasteiger partial charge in [0.15, 0.2) is 18.5 Å². The summed E-state index contributed by atoms with van der Waals surface area (Å²) in [6, 6.07) is 0. The summed E-state index contributed by atoms with van der Waals surface area (Å²) in [5.41, 5.74) is 0. The molecule has 9 heteroatoms. The van der Waals surface area contributed by atoms with Crippen molar-refractivity contribution in [1.29, 1.82) is 0 Å². The van der Waals surface area contributed by atoms with Crippen molar-refractivity contribution in [3.8, 4) is 0 Å². The number of esters is 3. The molecule has 0 aromatic heterocycles. The first kappa shape index (κ1) is 20.1. The predicted octanol–water partition coefficient (Wildman–Crippen LogP) is -0.299. The lowest BCUT2D eigenvalue weighted by molar-refractivity contribution is -0.303. The van der Waals surface area contributed by atoms with Gasteiger partial charge in [-0.15, -0.1) is 6.58 Å². The largest absolute Gasteiger partial charge is 0.463 e. The molecule has 5 atom stereocenters. The molecule has 0 amide bonds. The molecule has 136 valence electrons. The van der Waals surface area contributed by atoms with Crippen molar-refractivity contribution in [3.63, 3.8) is 0 Å². The molecule has 1 N–H and O–H groups in total. The van der Waals surface area contributed by atoms with Gasteiger partial charge >= 0.3 is 17.9 Å². The zero-order valence-electron chi connectivity index (χ0n) is 13.8. The maximum atomic E-state index is 11.3. The van der Waals surface area contributed by atoms with E-state index >= 15 is 0 Å². The Kier molecular flexibility index (Phi) is 7.83. The Labute approximate surface area is 139 Å². The number of rotatable bonds is 7. The summed E-state index contributed by atoms with van der Waals surface area (Å²) in [6.45, 7) is 6.78. The summed E-state index contributed by atoms with van der Waals surface area (Å²) in [5, 5.41) is 10.3. The van der Waals surface area contributed by atoms with E-state index in [0.29, 0.717) is 0 Å².